The van der Waals surface area contributed by atoms with Crippen molar-refractivity contribution in [2.24, 2.45) is 0 Å². The molecule has 0 bridgehead atoms. The van der Waals surface area contributed by atoms with E-state index in [1.807, 2.05) is 12.1 Å². The van der Waals surface area contributed by atoms with Gasteiger partial charge in [0.05, 0.1) is 13.7 Å². The van der Waals surface area contributed by atoms with Crippen molar-refractivity contribution in [3.63, 3.8) is 0 Å². The van der Waals surface area contributed by atoms with E-state index in [2.05, 4.69) is 31.0 Å². The van der Waals surface area contributed by atoms with Crippen LogP contribution in [0.2, 0.25) is 0 Å². The molecule has 0 aromatic heterocycles. The van der Waals surface area contributed by atoms with E-state index >= 15 is 0 Å². The zero-order valence-electron chi connectivity index (χ0n) is 10.2. The summed E-state index contributed by atoms with van der Waals surface area (Å²) in [6, 6.07) is 8.12. The fraction of sp³-hybridized carbons (Fsp3) is 0.538. The molecule has 0 amide bonds. The van der Waals surface area contributed by atoms with E-state index in [1.54, 1.807) is 7.11 Å². The van der Waals surface area contributed by atoms with E-state index in [9.17, 15) is 0 Å². The molecule has 88 valence electrons. The van der Waals surface area contributed by atoms with Crippen LogP contribution in [0.25, 0.3) is 0 Å². The molecule has 1 aliphatic heterocycles. The highest BCUT2D eigenvalue weighted by Gasteiger charge is 2.32. The molecule has 0 radical (unpaired) electrons. The van der Waals surface area contributed by atoms with Gasteiger partial charge in [0.2, 0.25) is 0 Å². The van der Waals surface area contributed by atoms with Gasteiger partial charge in [-0.2, -0.15) is 0 Å². The first kappa shape index (κ1) is 11.4. The maximum absolute atomic E-state index is 5.92. The topological polar surface area (TPSA) is 21.7 Å². The summed E-state index contributed by atoms with van der Waals surface area (Å²) in [5.74, 6) is 0.885. The van der Waals surface area contributed by atoms with Crippen LogP contribution in [-0.2, 0) is 10.3 Å². The summed E-state index contributed by atoms with van der Waals surface area (Å²) in [6.07, 6.45) is 0. The summed E-state index contributed by atoms with van der Waals surface area (Å²) in [7, 11) is 3.82. The van der Waals surface area contributed by atoms with Gasteiger partial charge in [-0.1, -0.05) is 12.1 Å². The Morgan fingerprint density at radius 3 is 2.94 bits per heavy atom. The predicted molar refractivity (Wildman–Crippen MR) is 63.8 cm³/mol. The number of hydrogen-bond acceptors (Lipinski definition) is 3. The minimum Gasteiger partial charge on any atom is -0.497 e. The van der Waals surface area contributed by atoms with Crippen LogP contribution in [0.15, 0.2) is 24.3 Å². The highest BCUT2D eigenvalue weighted by atomic mass is 16.5. The van der Waals surface area contributed by atoms with Crippen LogP contribution in [0.5, 0.6) is 5.75 Å². The summed E-state index contributed by atoms with van der Waals surface area (Å²) in [6.45, 7) is 4.83. The number of nitrogens with zero attached hydrogens (tertiary/aromatic N) is 1. The Morgan fingerprint density at radius 1 is 1.44 bits per heavy atom. The Morgan fingerprint density at radius 2 is 2.25 bits per heavy atom. The maximum Gasteiger partial charge on any atom is 0.119 e. The number of benzene rings is 1. The molecule has 0 spiro atoms. The van der Waals surface area contributed by atoms with Gasteiger partial charge >= 0.3 is 0 Å². The first-order valence-corrected chi connectivity index (χ1v) is 5.61. The molecule has 3 heteroatoms. The lowest BCUT2D eigenvalue weighted by molar-refractivity contribution is -0.0964. The van der Waals surface area contributed by atoms with Crippen LogP contribution < -0.4 is 4.74 Å². The zero-order chi connectivity index (χ0) is 11.6. The van der Waals surface area contributed by atoms with Crippen molar-refractivity contribution in [1.82, 2.24) is 4.90 Å². The molecule has 1 aromatic rings. The molecule has 0 saturated carbocycles. The van der Waals surface area contributed by atoms with Gasteiger partial charge in [-0.15, -0.1) is 0 Å². The van der Waals surface area contributed by atoms with Gasteiger partial charge in [-0.05, 0) is 31.7 Å². The van der Waals surface area contributed by atoms with E-state index in [1.165, 1.54) is 5.56 Å². The van der Waals surface area contributed by atoms with Crippen molar-refractivity contribution in [1.29, 1.82) is 0 Å². The van der Waals surface area contributed by atoms with Crippen molar-refractivity contribution in [2.45, 2.75) is 12.5 Å². The highest BCUT2D eigenvalue weighted by Crippen LogP contribution is 2.30. The Bertz CT molecular complexity index is 367. The van der Waals surface area contributed by atoms with E-state index in [0.717, 1.165) is 25.4 Å². The smallest absolute Gasteiger partial charge is 0.119 e. The lowest BCUT2D eigenvalue weighted by atomic mass is 9.94. The largest absolute Gasteiger partial charge is 0.497 e. The van der Waals surface area contributed by atoms with Crippen molar-refractivity contribution in [3.05, 3.63) is 29.8 Å². The second-order valence-electron chi connectivity index (χ2n) is 4.55. The molecule has 1 saturated heterocycles. The third-order valence-electron chi connectivity index (χ3n) is 3.15. The zero-order valence-corrected chi connectivity index (χ0v) is 10.2. The number of likely N-dealkylation sites (N-methyl/N-ethyl adjacent to an activating group) is 1. The Kier molecular flexibility index (Phi) is 3.17. The molecule has 16 heavy (non-hydrogen) atoms. The normalized spacial score (nSPS) is 26.7. The average molecular weight is 221 g/mol. The molecule has 0 N–H and O–H groups in total. The number of hydrogen-bond donors (Lipinski definition) is 0. The van der Waals surface area contributed by atoms with E-state index in [4.69, 9.17) is 9.47 Å². The summed E-state index contributed by atoms with van der Waals surface area (Å²) in [5, 5.41) is 0. The van der Waals surface area contributed by atoms with E-state index in [-0.39, 0.29) is 5.60 Å². The van der Waals surface area contributed by atoms with E-state index < -0.39 is 0 Å². The number of morpholine rings is 1. The molecule has 1 aliphatic rings. The number of rotatable bonds is 2. The van der Waals surface area contributed by atoms with Crippen molar-refractivity contribution in [3.8, 4) is 5.75 Å². The van der Waals surface area contributed by atoms with Crippen LogP contribution >= 0.6 is 0 Å². The Balaban J connectivity index is 2.27. The average Bonchev–Trinajstić information content (AvgIpc) is 2.29. The highest BCUT2D eigenvalue weighted by molar-refractivity contribution is 5.32. The van der Waals surface area contributed by atoms with Gasteiger partial charge in [-0.25, -0.2) is 0 Å². The quantitative estimate of drug-likeness (QED) is 0.761. The third-order valence-corrected chi connectivity index (χ3v) is 3.15. The monoisotopic (exact) mass is 221 g/mol. The molecule has 1 aromatic carbocycles. The number of ether oxygens (including phenoxy) is 2. The first-order chi connectivity index (χ1) is 7.64. The Labute approximate surface area is 97.0 Å². The lowest BCUT2D eigenvalue weighted by Crippen LogP contribution is -2.46. The van der Waals surface area contributed by atoms with Crippen LogP contribution in [0.1, 0.15) is 12.5 Å². The molecule has 2 rings (SSSR count). The molecule has 3 nitrogen and oxygen atoms in total. The maximum atomic E-state index is 5.92. The van der Waals surface area contributed by atoms with Crippen molar-refractivity contribution < 1.29 is 9.47 Å². The van der Waals surface area contributed by atoms with Gasteiger partial charge in [0.25, 0.3) is 0 Å². The van der Waals surface area contributed by atoms with Gasteiger partial charge < -0.3 is 14.4 Å². The fourth-order valence-electron chi connectivity index (χ4n) is 2.19. The molecular weight excluding hydrogens is 202 g/mol. The van der Waals surface area contributed by atoms with Crippen LogP contribution in [-0.4, -0.2) is 38.8 Å². The van der Waals surface area contributed by atoms with Gasteiger partial charge in [-0.3, -0.25) is 0 Å². The third kappa shape index (κ3) is 2.20. The minimum atomic E-state index is -0.221. The summed E-state index contributed by atoms with van der Waals surface area (Å²) in [4.78, 5) is 2.29. The summed E-state index contributed by atoms with van der Waals surface area (Å²) < 4.78 is 11.2. The van der Waals surface area contributed by atoms with Crippen molar-refractivity contribution >= 4 is 0 Å². The van der Waals surface area contributed by atoms with Gasteiger partial charge in [0, 0.05) is 13.1 Å². The predicted octanol–water partition coefficient (Wildman–Crippen LogP) is 1.87. The van der Waals surface area contributed by atoms with Crippen molar-refractivity contribution in [2.75, 3.05) is 33.9 Å². The molecule has 1 fully saturated rings. The fourth-order valence-corrected chi connectivity index (χ4v) is 2.19. The molecule has 1 heterocycles. The standard InChI is InChI=1S/C13H19NO2/c1-13(10-14(2)7-8-16-13)11-5-4-6-12(9-11)15-3/h4-6,9H,7-8,10H2,1-3H3. The molecule has 0 aliphatic carbocycles. The first-order valence-electron chi connectivity index (χ1n) is 5.61. The van der Waals surface area contributed by atoms with Gasteiger partial charge in [0.1, 0.15) is 11.4 Å². The van der Waals surface area contributed by atoms with Crippen LogP contribution in [0, 0.1) is 0 Å². The SMILES string of the molecule is COc1cccc(C2(C)CN(C)CCO2)c1. The second kappa shape index (κ2) is 4.44. The molecular formula is C13H19NO2. The van der Waals surface area contributed by atoms with Gasteiger partial charge in [0.15, 0.2) is 0 Å². The lowest BCUT2D eigenvalue weighted by Gasteiger charge is -2.39. The second-order valence-corrected chi connectivity index (χ2v) is 4.55. The van der Waals surface area contributed by atoms with Crippen LogP contribution in [0.3, 0.4) is 0 Å². The Hall–Kier alpha value is -1.06. The summed E-state index contributed by atoms with van der Waals surface area (Å²) >= 11 is 0. The summed E-state index contributed by atoms with van der Waals surface area (Å²) in [5.41, 5.74) is 0.958. The minimum absolute atomic E-state index is 0.221. The van der Waals surface area contributed by atoms with Crippen LogP contribution in [0.4, 0.5) is 0 Å². The molecule has 1 atom stereocenters. The number of methoxy groups -OCH3 is 1. The molecule has 1 unspecified atom stereocenters. The van der Waals surface area contributed by atoms with E-state index in [0.29, 0.717) is 0 Å².